The van der Waals surface area contributed by atoms with Crippen molar-refractivity contribution in [2.24, 2.45) is 5.92 Å². The van der Waals surface area contributed by atoms with Gasteiger partial charge in [-0.15, -0.1) is 5.10 Å². The fraction of sp³-hybridized carbons (Fsp3) is 0.333. The highest BCUT2D eigenvalue weighted by atomic mass is 16.1. The van der Waals surface area contributed by atoms with Gasteiger partial charge in [0.25, 0.3) is 5.56 Å². The quantitative estimate of drug-likeness (QED) is 0.726. The van der Waals surface area contributed by atoms with Gasteiger partial charge < -0.3 is 4.90 Å². The van der Waals surface area contributed by atoms with E-state index < -0.39 is 0 Å². The van der Waals surface area contributed by atoms with Crippen molar-refractivity contribution in [2.45, 2.75) is 19.4 Å². The van der Waals surface area contributed by atoms with Crippen LogP contribution in [-0.4, -0.2) is 37.6 Å². The zero-order chi connectivity index (χ0) is 17.1. The van der Waals surface area contributed by atoms with Crippen LogP contribution < -0.4 is 10.5 Å². The molecule has 0 aromatic carbocycles. The Hall–Kier alpha value is -2.96. The molecule has 0 radical (unpaired) electrons. The predicted molar refractivity (Wildman–Crippen MR) is 94.8 cm³/mol. The zero-order valence-corrected chi connectivity index (χ0v) is 13.9. The lowest BCUT2D eigenvalue weighted by atomic mass is 9.96. The Kier molecular flexibility index (Phi) is 4.28. The molecule has 7 nitrogen and oxygen atoms in total. The monoisotopic (exact) mass is 336 g/mol. The molecule has 0 saturated carbocycles. The summed E-state index contributed by atoms with van der Waals surface area (Å²) in [6.45, 7) is 2.63. The molecule has 0 bridgehead atoms. The molecule has 0 atom stereocenters. The van der Waals surface area contributed by atoms with Gasteiger partial charge in [0.05, 0.1) is 0 Å². The molecule has 4 rings (SSSR count). The molecule has 1 aliphatic heterocycles. The van der Waals surface area contributed by atoms with Crippen LogP contribution in [0.2, 0.25) is 0 Å². The highest BCUT2D eigenvalue weighted by Gasteiger charge is 2.20. The van der Waals surface area contributed by atoms with Crippen LogP contribution in [0.4, 0.5) is 5.69 Å². The van der Waals surface area contributed by atoms with E-state index in [0.717, 1.165) is 25.9 Å². The number of hydrogen-bond donors (Lipinski definition) is 0. The molecule has 0 amide bonds. The molecule has 25 heavy (non-hydrogen) atoms. The summed E-state index contributed by atoms with van der Waals surface area (Å²) in [6.07, 6.45) is 9.26. The summed E-state index contributed by atoms with van der Waals surface area (Å²) in [5.41, 5.74) is 1.15. The SMILES string of the molecule is O=c1ccc(-n2cccn2)nn1CC1CCN(c2ccncc2)CC1. The number of hydrogen-bond acceptors (Lipinski definition) is 5. The maximum Gasteiger partial charge on any atom is 0.266 e. The van der Waals surface area contributed by atoms with E-state index in [2.05, 4.69) is 20.1 Å². The molecule has 3 aromatic heterocycles. The first-order valence-corrected chi connectivity index (χ1v) is 8.53. The van der Waals surface area contributed by atoms with Gasteiger partial charge >= 0.3 is 0 Å². The van der Waals surface area contributed by atoms with E-state index in [1.807, 2.05) is 36.8 Å². The van der Waals surface area contributed by atoms with Gasteiger partial charge in [-0.25, -0.2) is 9.36 Å². The number of piperidine rings is 1. The first-order chi connectivity index (χ1) is 12.3. The second-order valence-corrected chi connectivity index (χ2v) is 6.30. The lowest BCUT2D eigenvalue weighted by Gasteiger charge is -2.33. The van der Waals surface area contributed by atoms with Crippen LogP contribution in [0.1, 0.15) is 12.8 Å². The number of anilines is 1. The standard InChI is InChI=1S/C18H20N6O/c25-18-3-2-17(23-11-1-8-20-23)21-24(18)14-15-6-12-22(13-7-15)16-4-9-19-10-5-16/h1-5,8-11,15H,6-7,12-14H2. The molecule has 128 valence electrons. The Bertz CT molecular complexity index is 866. The largest absolute Gasteiger partial charge is 0.371 e. The van der Waals surface area contributed by atoms with Gasteiger partial charge in [0.2, 0.25) is 0 Å². The third-order valence-corrected chi connectivity index (χ3v) is 4.67. The minimum atomic E-state index is -0.0625. The van der Waals surface area contributed by atoms with Crippen molar-refractivity contribution >= 4 is 5.69 Å². The molecule has 0 aliphatic carbocycles. The third kappa shape index (κ3) is 3.45. The first kappa shape index (κ1) is 15.6. The molecular formula is C18H20N6O. The molecule has 0 unspecified atom stereocenters. The first-order valence-electron chi connectivity index (χ1n) is 8.53. The second-order valence-electron chi connectivity index (χ2n) is 6.30. The van der Waals surface area contributed by atoms with Crippen LogP contribution in [0, 0.1) is 5.92 Å². The van der Waals surface area contributed by atoms with Gasteiger partial charge in [0.1, 0.15) is 0 Å². The van der Waals surface area contributed by atoms with Crippen molar-refractivity contribution in [3.05, 3.63) is 65.5 Å². The average molecular weight is 336 g/mol. The van der Waals surface area contributed by atoms with Gasteiger partial charge in [-0.3, -0.25) is 9.78 Å². The molecule has 7 heteroatoms. The van der Waals surface area contributed by atoms with E-state index >= 15 is 0 Å². The second kappa shape index (κ2) is 6.88. The summed E-state index contributed by atoms with van der Waals surface area (Å²) in [6, 6.07) is 9.19. The van der Waals surface area contributed by atoms with Crippen molar-refractivity contribution < 1.29 is 0 Å². The summed E-state index contributed by atoms with van der Waals surface area (Å²) in [5.74, 6) is 1.12. The van der Waals surface area contributed by atoms with E-state index in [1.165, 1.54) is 5.69 Å². The van der Waals surface area contributed by atoms with Crippen molar-refractivity contribution in [1.29, 1.82) is 0 Å². The summed E-state index contributed by atoms with van der Waals surface area (Å²) < 4.78 is 3.24. The van der Waals surface area contributed by atoms with Crippen LogP contribution in [-0.2, 0) is 6.54 Å². The van der Waals surface area contributed by atoms with Gasteiger partial charge in [0, 0.05) is 56.2 Å². The lowest BCUT2D eigenvalue weighted by Crippen LogP contribution is -2.37. The fourth-order valence-electron chi connectivity index (χ4n) is 3.27. The number of nitrogens with zero attached hydrogens (tertiary/aromatic N) is 6. The number of pyridine rings is 1. The Labute approximate surface area is 145 Å². The van der Waals surface area contributed by atoms with Gasteiger partial charge in [-0.05, 0) is 43.0 Å². The highest BCUT2D eigenvalue weighted by molar-refractivity contribution is 5.44. The van der Waals surface area contributed by atoms with E-state index in [0.29, 0.717) is 18.3 Å². The van der Waals surface area contributed by atoms with Crippen LogP contribution >= 0.6 is 0 Å². The molecule has 1 saturated heterocycles. The minimum Gasteiger partial charge on any atom is -0.371 e. The van der Waals surface area contributed by atoms with Crippen LogP contribution in [0.3, 0.4) is 0 Å². The molecule has 4 heterocycles. The Morgan fingerprint density at radius 1 is 1.04 bits per heavy atom. The zero-order valence-electron chi connectivity index (χ0n) is 13.9. The van der Waals surface area contributed by atoms with E-state index in [4.69, 9.17) is 0 Å². The fourth-order valence-corrected chi connectivity index (χ4v) is 3.27. The summed E-state index contributed by atoms with van der Waals surface area (Å²) in [5, 5.41) is 8.64. The van der Waals surface area contributed by atoms with Gasteiger partial charge in [-0.1, -0.05) is 0 Å². The van der Waals surface area contributed by atoms with Crippen molar-refractivity contribution in [2.75, 3.05) is 18.0 Å². The maximum absolute atomic E-state index is 12.2. The number of rotatable bonds is 4. The van der Waals surface area contributed by atoms with Gasteiger partial charge in [-0.2, -0.15) is 5.10 Å². The Morgan fingerprint density at radius 2 is 1.84 bits per heavy atom. The van der Waals surface area contributed by atoms with Crippen molar-refractivity contribution in [3.63, 3.8) is 0 Å². The molecule has 1 aliphatic rings. The average Bonchev–Trinajstić information content (AvgIpc) is 3.20. The molecule has 0 N–H and O–H groups in total. The summed E-state index contributed by atoms with van der Waals surface area (Å²) in [7, 11) is 0. The van der Waals surface area contributed by atoms with Crippen molar-refractivity contribution in [1.82, 2.24) is 24.5 Å². The summed E-state index contributed by atoms with van der Waals surface area (Å²) in [4.78, 5) is 18.6. The smallest absolute Gasteiger partial charge is 0.266 e. The predicted octanol–water partition coefficient (Wildman–Crippen LogP) is 1.74. The van der Waals surface area contributed by atoms with E-state index in [-0.39, 0.29) is 5.56 Å². The topological polar surface area (TPSA) is 68.8 Å². The summed E-state index contributed by atoms with van der Waals surface area (Å²) >= 11 is 0. The van der Waals surface area contributed by atoms with Crippen molar-refractivity contribution in [3.8, 4) is 5.82 Å². The molecule has 0 spiro atoms. The van der Waals surface area contributed by atoms with E-state index in [9.17, 15) is 4.79 Å². The normalized spacial score (nSPS) is 15.4. The van der Waals surface area contributed by atoms with Crippen LogP contribution in [0.5, 0.6) is 0 Å². The Morgan fingerprint density at radius 3 is 2.56 bits per heavy atom. The van der Waals surface area contributed by atoms with Crippen LogP contribution in [0.15, 0.2) is 59.9 Å². The maximum atomic E-state index is 12.2. The third-order valence-electron chi connectivity index (χ3n) is 4.67. The molecule has 1 fully saturated rings. The highest BCUT2D eigenvalue weighted by Crippen LogP contribution is 2.23. The van der Waals surface area contributed by atoms with Crippen LogP contribution in [0.25, 0.3) is 5.82 Å². The molecular weight excluding hydrogens is 316 g/mol. The van der Waals surface area contributed by atoms with E-state index in [1.54, 1.807) is 27.7 Å². The van der Waals surface area contributed by atoms with Gasteiger partial charge in [0.15, 0.2) is 5.82 Å². The lowest BCUT2D eigenvalue weighted by molar-refractivity contribution is 0.334. The Balaban J connectivity index is 1.43. The minimum absolute atomic E-state index is 0.0625. The molecule has 3 aromatic rings. The number of aromatic nitrogens is 5.